The Morgan fingerprint density at radius 1 is 1.14 bits per heavy atom. The highest BCUT2D eigenvalue weighted by atomic mass is 32.2. The molecular weight excluding hydrogens is 290 g/mol. The largest absolute Gasteiger partial charge is 0.343 e. The minimum absolute atomic E-state index is 0.0235. The number of carbonyl (C=O) groups excluding carboxylic acids is 1. The van der Waals surface area contributed by atoms with Gasteiger partial charge in [-0.2, -0.15) is 5.26 Å². The van der Waals surface area contributed by atoms with Crippen LogP contribution in [0.2, 0.25) is 0 Å². The third kappa shape index (κ3) is 6.88. The number of rotatable bonds is 9. The topological polar surface area (TPSA) is 99.1 Å². The van der Waals surface area contributed by atoms with Crippen molar-refractivity contribution in [1.29, 1.82) is 5.26 Å². The van der Waals surface area contributed by atoms with E-state index in [2.05, 4.69) is 10.0 Å². The normalized spacial score (nSPS) is 10.8. The van der Waals surface area contributed by atoms with Crippen LogP contribution in [0, 0.1) is 11.3 Å². The molecule has 7 heteroatoms. The molecule has 0 aromatic heterocycles. The van der Waals surface area contributed by atoms with E-state index in [9.17, 15) is 13.2 Å². The Morgan fingerprint density at radius 3 is 2.52 bits per heavy atom. The van der Waals surface area contributed by atoms with E-state index >= 15 is 0 Å². The molecule has 0 radical (unpaired) electrons. The molecule has 6 nitrogen and oxygen atoms in total. The molecule has 1 rings (SSSR count). The van der Waals surface area contributed by atoms with Gasteiger partial charge < -0.3 is 5.32 Å². The van der Waals surface area contributed by atoms with Crippen molar-refractivity contribution in [3.8, 4) is 6.07 Å². The minimum Gasteiger partial charge on any atom is -0.343 e. The molecule has 1 amide bonds. The van der Waals surface area contributed by atoms with Gasteiger partial charge in [0.2, 0.25) is 15.9 Å². The average molecular weight is 309 g/mol. The maximum atomic E-state index is 11.9. The van der Waals surface area contributed by atoms with Gasteiger partial charge in [-0.1, -0.05) is 24.6 Å². The zero-order valence-corrected chi connectivity index (χ0v) is 12.5. The van der Waals surface area contributed by atoms with Gasteiger partial charge >= 0.3 is 0 Å². The Kier molecular flexibility index (Phi) is 7.43. The van der Waals surface area contributed by atoms with E-state index in [0.717, 1.165) is 6.42 Å². The molecule has 0 fully saturated rings. The summed E-state index contributed by atoms with van der Waals surface area (Å²) in [4.78, 5) is 11.5. The predicted molar refractivity (Wildman–Crippen MR) is 78.7 cm³/mol. The molecule has 0 aliphatic carbocycles. The van der Waals surface area contributed by atoms with Gasteiger partial charge in [0, 0.05) is 13.0 Å². The lowest BCUT2D eigenvalue weighted by Gasteiger charge is -2.06. The molecule has 0 heterocycles. The molecule has 0 saturated heterocycles. The summed E-state index contributed by atoms with van der Waals surface area (Å²) in [6.07, 6.45) is 2.44. The molecule has 2 N–H and O–H groups in total. The quantitative estimate of drug-likeness (QED) is 0.528. The van der Waals surface area contributed by atoms with Crippen LogP contribution in [0.4, 0.5) is 0 Å². The second kappa shape index (κ2) is 9.10. The van der Waals surface area contributed by atoms with E-state index < -0.39 is 10.0 Å². The van der Waals surface area contributed by atoms with Crippen molar-refractivity contribution in [2.75, 3.05) is 13.1 Å². The van der Waals surface area contributed by atoms with E-state index in [1.165, 1.54) is 0 Å². The fourth-order valence-corrected chi connectivity index (χ4v) is 2.80. The summed E-state index contributed by atoms with van der Waals surface area (Å²) in [7, 11) is -3.44. The molecule has 1 aromatic rings. The first kappa shape index (κ1) is 17.1. The molecular formula is C14H19N3O3S. The zero-order chi connectivity index (χ0) is 15.6. The number of nitriles is 1. The number of sulfonamides is 1. The average Bonchev–Trinajstić information content (AvgIpc) is 2.49. The van der Waals surface area contributed by atoms with Crippen LogP contribution in [0.3, 0.4) is 0 Å². The monoisotopic (exact) mass is 309 g/mol. The molecule has 0 saturated carbocycles. The van der Waals surface area contributed by atoms with Crippen molar-refractivity contribution >= 4 is 15.9 Å². The first-order valence-electron chi connectivity index (χ1n) is 6.74. The summed E-state index contributed by atoms with van der Waals surface area (Å²) in [5, 5.41) is 10.8. The van der Waals surface area contributed by atoms with Crippen LogP contribution in [-0.2, 0) is 14.8 Å². The lowest BCUT2D eigenvalue weighted by molar-refractivity contribution is -0.120. The Bertz CT molecular complexity index is 579. The van der Waals surface area contributed by atoms with Crippen LogP contribution < -0.4 is 10.0 Å². The number of amides is 1. The first-order chi connectivity index (χ1) is 10.1. The van der Waals surface area contributed by atoms with Crippen molar-refractivity contribution in [2.24, 2.45) is 0 Å². The van der Waals surface area contributed by atoms with Gasteiger partial charge in [-0.15, -0.1) is 0 Å². The van der Waals surface area contributed by atoms with Crippen molar-refractivity contribution in [2.45, 2.75) is 30.6 Å². The molecule has 0 unspecified atom stereocenters. The van der Waals surface area contributed by atoms with Crippen molar-refractivity contribution in [3.63, 3.8) is 0 Å². The Morgan fingerprint density at radius 2 is 1.86 bits per heavy atom. The van der Waals surface area contributed by atoms with Gasteiger partial charge in [-0.25, -0.2) is 13.1 Å². The number of hydrogen-bond acceptors (Lipinski definition) is 4. The minimum atomic E-state index is -3.44. The molecule has 0 atom stereocenters. The summed E-state index contributed by atoms with van der Waals surface area (Å²) in [5.41, 5.74) is 0. The van der Waals surface area contributed by atoms with Gasteiger partial charge in [-0.3, -0.25) is 4.79 Å². The molecule has 21 heavy (non-hydrogen) atoms. The zero-order valence-electron chi connectivity index (χ0n) is 11.7. The van der Waals surface area contributed by atoms with Crippen LogP contribution in [0.15, 0.2) is 35.2 Å². The summed E-state index contributed by atoms with van der Waals surface area (Å²) >= 11 is 0. The molecule has 0 aliphatic rings. The second-order valence-corrected chi connectivity index (χ2v) is 6.22. The summed E-state index contributed by atoms with van der Waals surface area (Å²) in [6.45, 7) is 0.368. The summed E-state index contributed by atoms with van der Waals surface area (Å²) < 4.78 is 26.3. The maximum Gasteiger partial charge on any atom is 0.240 e. The first-order valence-corrected chi connectivity index (χ1v) is 8.23. The molecule has 0 aliphatic heterocycles. The number of nitrogens with zero attached hydrogens (tertiary/aromatic N) is 1. The van der Waals surface area contributed by atoms with Gasteiger partial charge in [0.1, 0.15) is 6.54 Å². The lowest BCUT2D eigenvalue weighted by atomic mass is 10.2. The molecule has 1 aromatic carbocycles. The van der Waals surface area contributed by atoms with Crippen molar-refractivity contribution < 1.29 is 13.2 Å². The smallest absolute Gasteiger partial charge is 0.240 e. The summed E-state index contributed by atoms with van der Waals surface area (Å²) in [5.74, 6) is -0.151. The fourth-order valence-electron chi connectivity index (χ4n) is 1.70. The Hall–Kier alpha value is -1.91. The maximum absolute atomic E-state index is 11.9. The van der Waals surface area contributed by atoms with Crippen LogP contribution in [0.5, 0.6) is 0 Å². The van der Waals surface area contributed by atoms with Crippen molar-refractivity contribution in [1.82, 2.24) is 10.0 Å². The SMILES string of the molecule is N#CCNC(=O)CCCCCNS(=O)(=O)c1ccccc1. The Balaban J connectivity index is 2.17. The second-order valence-electron chi connectivity index (χ2n) is 4.46. The van der Waals surface area contributed by atoms with E-state index in [1.54, 1.807) is 30.3 Å². The van der Waals surface area contributed by atoms with Crippen molar-refractivity contribution in [3.05, 3.63) is 30.3 Å². The number of unbranched alkanes of at least 4 members (excludes halogenated alkanes) is 2. The third-order valence-corrected chi connectivity index (χ3v) is 4.27. The van der Waals surface area contributed by atoms with Crippen LogP contribution in [-0.4, -0.2) is 27.4 Å². The third-order valence-electron chi connectivity index (χ3n) is 2.79. The van der Waals surface area contributed by atoms with Gasteiger partial charge in [-0.05, 0) is 25.0 Å². The van der Waals surface area contributed by atoms with E-state index in [1.807, 2.05) is 6.07 Å². The highest BCUT2D eigenvalue weighted by Crippen LogP contribution is 2.07. The van der Waals surface area contributed by atoms with Crippen LogP contribution in [0.1, 0.15) is 25.7 Å². The number of carbonyl (C=O) groups is 1. The predicted octanol–water partition coefficient (Wildman–Crippen LogP) is 1.17. The molecule has 114 valence electrons. The summed E-state index contributed by atoms with van der Waals surface area (Å²) in [6, 6.07) is 10.0. The number of benzene rings is 1. The van der Waals surface area contributed by atoms with Crippen LogP contribution >= 0.6 is 0 Å². The number of hydrogen-bond donors (Lipinski definition) is 2. The highest BCUT2D eigenvalue weighted by Gasteiger charge is 2.11. The Labute approximate surface area is 125 Å². The van der Waals surface area contributed by atoms with E-state index in [4.69, 9.17) is 5.26 Å². The molecule has 0 bridgehead atoms. The standard InChI is InChI=1S/C14H19N3O3S/c15-10-12-16-14(18)9-5-2-6-11-17-21(19,20)13-7-3-1-4-8-13/h1,3-4,7-8,17H,2,5-6,9,11-12H2,(H,16,18). The lowest BCUT2D eigenvalue weighted by Crippen LogP contribution is -2.25. The fraction of sp³-hybridized carbons (Fsp3) is 0.429. The van der Waals surface area contributed by atoms with E-state index in [0.29, 0.717) is 25.8 Å². The van der Waals surface area contributed by atoms with Gasteiger partial charge in [0.15, 0.2) is 0 Å². The van der Waals surface area contributed by atoms with Gasteiger partial charge in [0.25, 0.3) is 0 Å². The van der Waals surface area contributed by atoms with Gasteiger partial charge in [0.05, 0.1) is 11.0 Å². The highest BCUT2D eigenvalue weighted by molar-refractivity contribution is 7.89. The number of nitrogens with one attached hydrogen (secondary N) is 2. The molecule has 0 spiro atoms. The van der Waals surface area contributed by atoms with E-state index in [-0.39, 0.29) is 17.3 Å². The van der Waals surface area contributed by atoms with Crippen LogP contribution in [0.25, 0.3) is 0 Å².